The monoisotopic (exact) mass is 233 g/mol. The van der Waals surface area contributed by atoms with E-state index in [0.717, 1.165) is 25.3 Å². The summed E-state index contributed by atoms with van der Waals surface area (Å²) in [5, 5.41) is 3.34. The fourth-order valence-electron chi connectivity index (χ4n) is 1.54. The van der Waals surface area contributed by atoms with E-state index in [0.29, 0.717) is 6.04 Å². The van der Waals surface area contributed by atoms with Crippen molar-refractivity contribution >= 4 is 6.08 Å². The molecule has 0 radical (unpaired) electrons. The predicted octanol–water partition coefficient (Wildman–Crippen LogP) is 3.49. The average molecular weight is 233 g/mol. The van der Waals surface area contributed by atoms with E-state index in [1.807, 2.05) is 12.1 Å². The van der Waals surface area contributed by atoms with Gasteiger partial charge >= 0.3 is 0 Å². The van der Waals surface area contributed by atoms with Gasteiger partial charge in [-0.25, -0.2) is 0 Å². The van der Waals surface area contributed by atoms with Gasteiger partial charge < -0.3 is 10.1 Å². The number of hydrogen-bond acceptors (Lipinski definition) is 2. The van der Waals surface area contributed by atoms with Gasteiger partial charge in [0.2, 0.25) is 0 Å². The Balaban J connectivity index is 2.50. The van der Waals surface area contributed by atoms with Crippen LogP contribution >= 0.6 is 0 Å². The Morgan fingerprint density at radius 3 is 2.53 bits per heavy atom. The second kappa shape index (κ2) is 7.91. The van der Waals surface area contributed by atoms with Gasteiger partial charge in [0.1, 0.15) is 5.75 Å². The molecule has 17 heavy (non-hydrogen) atoms. The molecule has 0 aliphatic heterocycles. The molecule has 0 aromatic heterocycles. The summed E-state index contributed by atoms with van der Waals surface area (Å²) in [5.41, 5.74) is 1.21. The van der Waals surface area contributed by atoms with E-state index in [9.17, 15) is 0 Å². The first-order chi connectivity index (χ1) is 8.26. The first-order valence-electron chi connectivity index (χ1n) is 6.40. The molecule has 1 N–H and O–H groups in total. The highest BCUT2D eigenvalue weighted by molar-refractivity contribution is 5.51. The number of nitrogens with one attached hydrogen (secondary N) is 1. The largest absolute Gasteiger partial charge is 0.494 e. The molecule has 2 heteroatoms. The number of ether oxygens (including phenoxy) is 1. The summed E-state index contributed by atoms with van der Waals surface area (Å²) in [6, 6.07) is 8.62. The molecule has 0 aliphatic carbocycles. The number of benzene rings is 1. The Hall–Kier alpha value is -1.28. The Morgan fingerprint density at radius 2 is 1.94 bits per heavy atom. The van der Waals surface area contributed by atoms with Crippen LogP contribution in [0.25, 0.3) is 6.08 Å². The van der Waals surface area contributed by atoms with Gasteiger partial charge in [-0.05, 0) is 37.6 Å². The Morgan fingerprint density at radius 1 is 1.24 bits per heavy atom. The van der Waals surface area contributed by atoms with Crippen LogP contribution in [-0.2, 0) is 0 Å². The zero-order valence-electron chi connectivity index (χ0n) is 11.1. The summed E-state index contributed by atoms with van der Waals surface area (Å²) in [6.07, 6.45) is 5.35. The van der Waals surface area contributed by atoms with Crippen LogP contribution in [0.5, 0.6) is 5.75 Å². The summed E-state index contributed by atoms with van der Waals surface area (Å²) < 4.78 is 5.54. The smallest absolute Gasteiger partial charge is 0.119 e. The average Bonchev–Trinajstić information content (AvgIpc) is 2.35. The molecule has 1 unspecified atom stereocenters. The first kappa shape index (κ1) is 13.8. The molecule has 1 aromatic carbocycles. The molecule has 0 saturated carbocycles. The highest BCUT2D eigenvalue weighted by Gasteiger charge is 1.94. The molecule has 1 aromatic rings. The third-order valence-corrected chi connectivity index (χ3v) is 2.46. The summed E-state index contributed by atoms with van der Waals surface area (Å²) in [6.45, 7) is 8.16. The Labute approximate surface area is 105 Å². The lowest BCUT2D eigenvalue weighted by molar-refractivity contribution is 0.317. The summed E-state index contributed by atoms with van der Waals surface area (Å²) in [4.78, 5) is 0. The van der Waals surface area contributed by atoms with Crippen molar-refractivity contribution in [3.8, 4) is 5.75 Å². The molecule has 0 amide bonds. The summed E-state index contributed by atoms with van der Waals surface area (Å²) in [7, 11) is 0. The second-order valence-corrected chi connectivity index (χ2v) is 4.12. The van der Waals surface area contributed by atoms with E-state index >= 15 is 0 Å². The van der Waals surface area contributed by atoms with Crippen LogP contribution in [0, 0.1) is 0 Å². The van der Waals surface area contributed by atoms with Crippen molar-refractivity contribution in [3.05, 3.63) is 35.9 Å². The molecular weight excluding hydrogens is 210 g/mol. The normalized spacial score (nSPS) is 12.9. The van der Waals surface area contributed by atoms with Crippen LogP contribution < -0.4 is 10.1 Å². The quantitative estimate of drug-likeness (QED) is 0.778. The molecule has 0 saturated heterocycles. The highest BCUT2D eigenvalue weighted by atomic mass is 16.5. The maximum absolute atomic E-state index is 5.54. The zero-order chi connectivity index (χ0) is 12.5. The van der Waals surface area contributed by atoms with Crippen molar-refractivity contribution in [1.82, 2.24) is 5.32 Å². The molecule has 0 heterocycles. The molecule has 1 rings (SSSR count). The SMILES string of the molecule is CCCOc1ccc(/C=C/C(C)NCC)cc1. The minimum absolute atomic E-state index is 0.413. The zero-order valence-corrected chi connectivity index (χ0v) is 11.1. The van der Waals surface area contributed by atoms with Crippen molar-refractivity contribution in [2.45, 2.75) is 33.2 Å². The van der Waals surface area contributed by atoms with Gasteiger partial charge in [0, 0.05) is 6.04 Å². The fourth-order valence-corrected chi connectivity index (χ4v) is 1.54. The van der Waals surface area contributed by atoms with Crippen LogP contribution in [0.2, 0.25) is 0 Å². The van der Waals surface area contributed by atoms with Gasteiger partial charge in [-0.15, -0.1) is 0 Å². The third kappa shape index (κ3) is 5.55. The fraction of sp³-hybridized carbons (Fsp3) is 0.467. The number of rotatable bonds is 7. The van der Waals surface area contributed by atoms with Gasteiger partial charge in [-0.3, -0.25) is 0 Å². The first-order valence-corrected chi connectivity index (χ1v) is 6.40. The number of likely N-dealkylation sites (N-methyl/N-ethyl adjacent to an activating group) is 1. The van der Waals surface area contributed by atoms with E-state index in [2.05, 4.69) is 50.4 Å². The van der Waals surface area contributed by atoms with E-state index in [4.69, 9.17) is 4.74 Å². The van der Waals surface area contributed by atoms with Crippen molar-refractivity contribution in [1.29, 1.82) is 0 Å². The van der Waals surface area contributed by atoms with Gasteiger partial charge in [0.05, 0.1) is 6.61 Å². The summed E-state index contributed by atoms with van der Waals surface area (Å²) in [5.74, 6) is 0.948. The Bertz CT molecular complexity index is 329. The minimum atomic E-state index is 0.413. The van der Waals surface area contributed by atoms with Crippen LogP contribution in [0.4, 0.5) is 0 Å². The molecule has 94 valence electrons. The summed E-state index contributed by atoms with van der Waals surface area (Å²) >= 11 is 0. The third-order valence-electron chi connectivity index (χ3n) is 2.46. The molecule has 1 atom stereocenters. The van der Waals surface area contributed by atoms with Crippen LogP contribution in [0.1, 0.15) is 32.8 Å². The molecule has 0 aliphatic rings. The number of hydrogen-bond donors (Lipinski definition) is 1. The molecule has 0 spiro atoms. The van der Waals surface area contributed by atoms with E-state index in [-0.39, 0.29) is 0 Å². The standard InChI is InChI=1S/C15H23NO/c1-4-12-17-15-10-8-14(9-11-15)7-6-13(3)16-5-2/h6-11,13,16H,4-5,12H2,1-3H3/b7-6+. The lowest BCUT2D eigenvalue weighted by Crippen LogP contribution is -2.22. The topological polar surface area (TPSA) is 21.3 Å². The van der Waals surface area contributed by atoms with Gasteiger partial charge in [-0.2, -0.15) is 0 Å². The minimum Gasteiger partial charge on any atom is -0.494 e. The van der Waals surface area contributed by atoms with E-state index < -0.39 is 0 Å². The molecule has 0 bridgehead atoms. The second-order valence-electron chi connectivity index (χ2n) is 4.12. The van der Waals surface area contributed by atoms with Gasteiger partial charge in [-0.1, -0.05) is 38.1 Å². The highest BCUT2D eigenvalue weighted by Crippen LogP contribution is 2.13. The van der Waals surface area contributed by atoms with Gasteiger partial charge in [0.25, 0.3) is 0 Å². The molecule has 0 fully saturated rings. The van der Waals surface area contributed by atoms with E-state index in [1.54, 1.807) is 0 Å². The van der Waals surface area contributed by atoms with Crippen LogP contribution in [0.3, 0.4) is 0 Å². The van der Waals surface area contributed by atoms with Crippen molar-refractivity contribution in [2.75, 3.05) is 13.2 Å². The van der Waals surface area contributed by atoms with Crippen molar-refractivity contribution in [2.24, 2.45) is 0 Å². The lowest BCUT2D eigenvalue weighted by Gasteiger charge is -2.06. The van der Waals surface area contributed by atoms with Crippen LogP contribution in [-0.4, -0.2) is 19.2 Å². The van der Waals surface area contributed by atoms with Gasteiger partial charge in [0.15, 0.2) is 0 Å². The molecule has 2 nitrogen and oxygen atoms in total. The van der Waals surface area contributed by atoms with E-state index in [1.165, 1.54) is 5.56 Å². The maximum atomic E-state index is 5.54. The van der Waals surface area contributed by atoms with Crippen molar-refractivity contribution < 1.29 is 4.74 Å². The Kier molecular flexibility index (Phi) is 6.41. The van der Waals surface area contributed by atoms with Crippen LogP contribution in [0.15, 0.2) is 30.3 Å². The maximum Gasteiger partial charge on any atom is 0.119 e. The lowest BCUT2D eigenvalue weighted by atomic mass is 10.2. The molecular formula is C15H23NO. The van der Waals surface area contributed by atoms with Crippen molar-refractivity contribution in [3.63, 3.8) is 0 Å². The predicted molar refractivity (Wildman–Crippen MR) is 74.4 cm³/mol.